The second kappa shape index (κ2) is 13.0. The van der Waals surface area contributed by atoms with Crippen LogP contribution in [0.3, 0.4) is 0 Å². The largest absolute Gasteiger partial charge is 0.491 e. The molecule has 0 saturated carbocycles. The molecule has 1 aromatic rings. The molecule has 0 aliphatic rings. The summed E-state index contributed by atoms with van der Waals surface area (Å²) in [5.74, 6) is 0.786. The van der Waals surface area contributed by atoms with E-state index in [-0.39, 0.29) is 42.9 Å². The molecule has 6 nitrogen and oxygen atoms in total. The highest BCUT2D eigenvalue weighted by Crippen LogP contribution is 2.30. The van der Waals surface area contributed by atoms with Crippen LogP contribution in [0, 0.1) is 0 Å². The lowest BCUT2D eigenvalue weighted by atomic mass is 10.2. The summed E-state index contributed by atoms with van der Waals surface area (Å²) >= 11 is 0. The fraction of sp³-hybridized carbons (Fsp3) is 0.562. The Bertz CT molecular complexity index is 528. The van der Waals surface area contributed by atoms with Gasteiger partial charge in [0.05, 0.1) is 18.7 Å². The molecule has 1 atom stereocenters. The van der Waals surface area contributed by atoms with Gasteiger partial charge in [0.1, 0.15) is 18.5 Å². The van der Waals surface area contributed by atoms with Gasteiger partial charge in [-0.05, 0) is 31.2 Å². The summed E-state index contributed by atoms with van der Waals surface area (Å²) in [6, 6.07) is 4.30. The van der Waals surface area contributed by atoms with Crippen molar-refractivity contribution < 1.29 is 27.8 Å². The molecule has 0 aliphatic carbocycles. The molecule has 0 radical (unpaired) electrons. The molecule has 10 heteroatoms. The van der Waals surface area contributed by atoms with Crippen molar-refractivity contribution in [2.75, 3.05) is 40.0 Å². The van der Waals surface area contributed by atoms with Crippen LogP contribution in [-0.2, 0) is 10.9 Å². The summed E-state index contributed by atoms with van der Waals surface area (Å²) in [4.78, 5) is 4.20. The number of methoxy groups -OCH3 is 1. The molecular formula is C16H25F3IN3O3. The smallest absolute Gasteiger partial charge is 0.416 e. The highest BCUT2D eigenvalue weighted by atomic mass is 127. The van der Waals surface area contributed by atoms with Gasteiger partial charge in [-0.2, -0.15) is 13.2 Å². The Morgan fingerprint density at radius 1 is 1.23 bits per heavy atom. The van der Waals surface area contributed by atoms with Gasteiger partial charge in [-0.15, -0.1) is 24.0 Å². The van der Waals surface area contributed by atoms with E-state index in [1.165, 1.54) is 12.1 Å². The first-order valence-electron chi connectivity index (χ1n) is 7.86. The van der Waals surface area contributed by atoms with Crippen molar-refractivity contribution in [3.05, 3.63) is 29.8 Å². The maximum absolute atomic E-state index is 12.5. The summed E-state index contributed by atoms with van der Waals surface area (Å²) in [7, 11) is 1.59. The summed E-state index contributed by atoms with van der Waals surface area (Å²) in [5, 5.41) is 15.9. The third-order valence-electron chi connectivity index (χ3n) is 3.03. The summed E-state index contributed by atoms with van der Waals surface area (Å²) in [5.41, 5.74) is -0.748. The van der Waals surface area contributed by atoms with Crippen molar-refractivity contribution in [1.29, 1.82) is 0 Å². The number of nitrogens with zero attached hydrogens (tertiary/aromatic N) is 1. The van der Waals surface area contributed by atoms with Gasteiger partial charge in [0.15, 0.2) is 5.96 Å². The van der Waals surface area contributed by atoms with Crippen molar-refractivity contribution in [1.82, 2.24) is 10.6 Å². The van der Waals surface area contributed by atoms with Crippen molar-refractivity contribution in [2.24, 2.45) is 4.99 Å². The molecule has 0 fully saturated rings. The van der Waals surface area contributed by atoms with E-state index in [0.29, 0.717) is 25.7 Å². The van der Waals surface area contributed by atoms with Gasteiger partial charge in [0.2, 0.25) is 0 Å². The van der Waals surface area contributed by atoms with Gasteiger partial charge in [-0.25, -0.2) is 0 Å². The molecule has 0 saturated heterocycles. The molecule has 3 N–H and O–H groups in total. The topological polar surface area (TPSA) is 75.1 Å². The number of aliphatic hydroxyl groups excluding tert-OH is 1. The Labute approximate surface area is 168 Å². The number of guanidine groups is 1. The van der Waals surface area contributed by atoms with Crippen molar-refractivity contribution in [2.45, 2.75) is 19.2 Å². The van der Waals surface area contributed by atoms with E-state index < -0.39 is 17.8 Å². The molecule has 0 amide bonds. The van der Waals surface area contributed by atoms with Crippen LogP contribution >= 0.6 is 24.0 Å². The molecule has 26 heavy (non-hydrogen) atoms. The molecule has 0 bridgehead atoms. The number of ether oxygens (including phenoxy) is 2. The number of nitrogens with one attached hydrogen (secondary N) is 2. The standard InChI is InChI=1S/C16H24F3N3O3.HI/c1-3-20-15(21-8-9-24-2)22-10-13(23)11-25-14-6-4-12(5-7-14)16(17,18)19;/h4-7,13,23H,3,8-11H2,1-2H3,(H2,20,21,22);1H. The number of benzene rings is 1. The Kier molecular flexibility index (Phi) is 12.3. The monoisotopic (exact) mass is 491 g/mol. The van der Waals surface area contributed by atoms with Gasteiger partial charge in [0.25, 0.3) is 0 Å². The SMILES string of the molecule is CCNC(=NCC(O)COc1ccc(C(F)(F)F)cc1)NCCOC.I. The van der Waals surface area contributed by atoms with E-state index in [2.05, 4.69) is 15.6 Å². The normalized spacial score (nSPS) is 12.9. The molecule has 1 unspecified atom stereocenters. The third kappa shape index (κ3) is 10.0. The number of hydrogen-bond donors (Lipinski definition) is 3. The fourth-order valence-electron chi connectivity index (χ4n) is 1.80. The maximum Gasteiger partial charge on any atom is 0.416 e. The van der Waals surface area contributed by atoms with E-state index in [9.17, 15) is 18.3 Å². The zero-order valence-electron chi connectivity index (χ0n) is 14.7. The molecule has 1 rings (SSSR count). The number of alkyl halides is 3. The predicted molar refractivity (Wildman–Crippen MR) is 104 cm³/mol. The Balaban J connectivity index is 0.00000625. The van der Waals surface area contributed by atoms with Crippen LogP contribution in [0.1, 0.15) is 12.5 Å². The average Bonchev–Trinajstić information content (AvgIpc) is 2.57. The first kappa shape index (κ1) is 24.7. The highest BCUT2D eigenvalue weighted by molar-refractivity contribution is 14.0. The minimum absolute atomic E-state index is 0. The first-order chi connectivity index (χ1) is 11.9. The molecule has 0 aliphatic heterocycles. The molecule has 0 spiro atoms. The van der Waals surface area contributed by atoms with Crippen LogP contribution in [0.15, 0.2) is 29.3 Å². The molecule has 1 aromatic carbocycles. The third-order valence-corrected chi connectivity index (χ3v) is 3.03. The first-order valence-corrected chi connectivity index (χ1v) is 7.86. The Morgan fingerprint density at radius 3 is 2.42 bits per heavy atom. The quantitative estimate of drug-likeness (QED) is 0.214. The lowest BCUT2D eigenvalue weighted by molar-refractivity contribution is -0.137. The van der Waals surface area contributed by atoms with Crippen LogP contribution in [0.5, 0.6) is 5.75 Å². The minimum atomic E-state index is -4.38. The fourth-order valence-corrected chi connectivity index (χ4v) is 1.80. The maximum atomic E-state index is 12.5. The van der Waals surface area contributed by atoms with Crippen LogP contribution in [0.2, 0.25) is 0 Å². The second-order valence-corrected chi connectivity index (χ2v) is 5.13. The van der Waals surface area contributed by atoms with E-state index in [0.717, 1.165) is 12.1 Å². The molecule has 150 valence electrons. The van der Waals surface area contributed by atoms with Crippen LogP contribution in [-0.4, -0.2) is 57.1 Å². The lowest BCUT2D eigenvalue weighted by Gasteiger charge is -2.14. The number of aliphatic hydroxyl groups is 1. The molecule has 0 aromatic heterocycles. The summed E-state index contributed by atoms with van der Waals surface area (Å²) in [6.07, 6.45) is -5.27. The van der Waals surface area contributed by atoms with E-state index in [1.807, 2.05) is 6.92 Å². The average molecular weight is 491 g/mol. The molecular weight excluding hydrogens is 466 g/mol. The van der Waals surface area contributed by atoms with Gasteiger partial charge in [-0.3, -0.25) is 4.99 Å². The molecule has 0 heterocycles. The van der Waals surface area contributed by atoms with Gasteiger partial charge in [-0.1, -0.05) is 0 Å². The zero-order chi connectivity index (χ0) is 18.7. The van der Waals surface area contributed by atoms with Crippen LogP contribution in [0.25, 0.3) is 0 Å². The second-order valence-electron chi connectivity index (χ2n) is 5.13. The van der Waals surface area contributed by atoms with Gasteiger partial charge < -0.3 is 25.2 Å². The summed E-state index contributed by atoms with van der Waals surface area (Å²) < 4.78 is 47.6. The number of hydrogen-bond acceptors (Lipinski definition) is 4. The van der Waals surface area contributed by atoms with Crippen LogP contribution < -0.4 is 15.4 Å². The number of rotatable bonds is 9. The number of aliphatic imine (C=N–C) groups is 1. The van der Waals surface area contributed by atoms with Crippen LogP contribution in [0.4, 0.5) is 13.2 Å². The Hall–Kier alpha value is -1.27. The predicted octanol–water partition coefficient (Wildman–Crippen LogP) is 2.26. The summed E-state index contributed by atoms with van der Waals surface area (Å²) in [6.45, 7) is 3.68. The van der Waals surface area contributed by atoms with E-state index in [1.54, 1.807) is 7.11 Å². The van der Waals surface area contributed by atoms with Crippen molar-refractivity contribution in [3.8, 4) is 5.75 Å². The van der Waals surface area contributed by atoms with Crippen molar-refractivity contribution >= 4 is 29.9 Å². The minimum Gasteiger partial charge on any atom is -0.491 e. The van der Waals surface area contributed by atoms with Gasteiger partial charge in [0, 0.05) is 20.2 Å². The Morgan fingerprint density at radius 2 is 1.88 bits per heavy atom. The number of halogens is 4. The van der Waals surface area contributed by atoms with E-state index in [4.69, 9.17) is 9.47 Å². The van der Waals surface area contributed by atoms with Crippen molar-refractivity contribution in [3.63, 3.8) is 0 Å². The zero-order valence-corrected chi connectivity index (χ0v) is 17.0. The lowest BCUT2D eigenvalue weighted by Crippen LogP contribution is -2.39. The highest BCUT2D eigenvalue weighted by Gasteiger charge is 2.30. The van der Waals surface area contributed by atoms with Gasteiger partial charge >= 0.3 is 6.18 Å². The van der Waals surface area contributed by atoms with E-state index >= 15 is 0 Å².